The van der Waals surface area contributed by atoms with Crippen molar-refractivity contribution in [2.24, 2.45) is 0 Å². The topological polar surface area (TPSA) is 35.2 Å². The van der Waals surface area contributed by atoms with Gasteiger partial charge in [-0.2, -0.15) is 0 Å². The molecule has 0 bridgehead atoms. The van der Waals surface area contributed by atoms with Crippen molar-refractivity contribution in [1.82, 2.24) is 0 Å². The minimum Gasteiger partial charge on any atom is -0.485 e. The molecular formula is C13H9BrClF2NO. The molecule has 0 atom stereocenters. The molecule has 0 unspecified atom stereocenters. The number of anilines is 1. The van der Waals surface area contributed by atoms with Crippen LogP contribution in [0.3, 0.4) is 0 Å². The van der Waals surface area contributed by atoms with Gasteiger partial charge in [0.2, 0.25) is 0 Å². The maximum atomic E-state index is 13.4. The summed E-state index contributed by atoms with van der Waals surface area (Å²) in [6, 6.07) is 6.30. The summed E-state index contributed by atoms with van der Waals surface area (Å²) in [4.78, 5) is 0. The summed E-state index contributed by atoms with van der Waals surface area (Å²) in [7, 11) is 0. The Balaban J connectivity index is 2.21. The number of nitrogen functional groups attached to an aromatic ring is 1. The highest BCUT2D eigenvalue weighted by Gasteiger charge is 2.10. The van der Waals surface area contributed by atoms with Gasteiger partial charge in [0.1, 0.15) is 18.2 Å². The highest BCUT2D eigenvalue weighted by Crippen LogP contribution is 2.35. The van der Waals surface area contributed by atoms with Crippen LogP contribution in [-0.2, 0) is 6.61 Å². The van der Waals surface area contributed by atoms with E-state index >= 15 is 0 Å². The van der Waals surface area contributed by atoms with E-state index in [0.717, 1.165) is 18.2 Å². The van der Waals surface area contributed by atoms with Gasteiger partial charge in [0.25, 0.3) is 0 Å². The molecule has 6 heteroatoms. The number of ether oxygens (including phenoxy) is 1. The van der Waals surface area contributed by atoms with Crippen molar-refractivity contribution in [1.29, 1.82) is 0 Å². The first-order valence-electron chi connectivity index (χ1n) is 5.28. The van der Waals surface area contributed by atoms with Crippen molar-refractivity contribution < 1.29 is 13.5 Å². The van der Waals surface area contributed by atoms with E-state index in [1.165, 1.54) is 6.07 Å². The number of hydrogen-bond acceptors (Lipinski definition) is 2. The molecular weight excluding hydrogens is 340 g/mol. The fourth-order valence-electron chi connectivity index (χ4n) is 1.54. The molecule has 0 amide bonds. The molecule has 0 aliphatic rings. The molecule has 2 aromatic carbocycles. The van der Waals surface area contributed by atoms with Crippen LogP contribution in [0.25, 0.3) is 0 Å². The van der Waals surface area contributed by atoms with Gasteiger partial charge in [0.15, 0.2) is 5.75 Å². The molecule has 2 aromatic rings. The monoisotopic (exact) mass is 347 g/mol. The van der Waals surface area contributed by atoms with Crippen LogP contribution in [0, 0.1) is 11.6 Å². The lowest BCUT2D eigenvalue weighted by molar-refractivity contribution is 0.299. The molecule has 0 saturated heterocycles. The van der Waals surface area contributed by atoms with Gasteiger partial charge < -0.3 is 10.5 Å². The predicted octanol–water partition coefficient (Wildman–Crippen LogP) is 4.54. The SMILES string of the molecule is Nc1cc(Cl)cc(Br)c1OCc1cc(F)ccc1F. The average Bonchev–Trinajstić information content (AvgIpc) is 2.32. The van der Waals surface area contributed by atoms with E-state index in [0.29, 0.717) is 20.9 Å². The van der Waals surface area contributed by atoms with Crippen molar-refractivity contribution >= 4 is 33.2 Å². The van der Waals surface area contributed by atoms with Gasteiger partial charge in [0, 0.05) is 10.6 Å². The fraction of sp³-hybridized carbons (Fsp3) is 0.0769. The van der Waals surface area contributed by atoms with Gasteiger partial charge in [-0.05, 0) is 46.3 Å². The Labute approximate surface area is 122 Å². The molecule has 19 heavy (non-hydrogen) atoms. The lowest BCUT2D eigenvalue weighted by atomic mass is 10.2. The molecule has 0 radical (unpaired) electrons. The van der Waals surface area contributed by atoms with Gasteiger partial charge >= 0.3 is 0 Å². The zero-order valence-corrected chi connectivity index (χ0v) is 11.9. The van der Waals surface area contributed by atoms with Crippen molar-refractivity contribution in [3.05, 3.63) is 57.0 Å². The Morgan fingerprint density at radius 1 is 1.21 bits per heavy atom. The van der Waals surface area contributed by atoms with Crippen LogP contribution in [0.1, 0.15) is 5.56 Å². The van der Waals surface area contributed by atoms with Crippen LogP contribution in [0.15, 0.2) is 34.8 Å². The summed E-state index contributed by atoms with van der Waals surface area (Å²) < 4.78 is 32.4. The van der Waals surface area contributed by atoms with E-state index in [2.05, 4.69) is 15.9 Å². The number of hydrogen-bond donors (Lipinski definition) is 1. The number of rotatable bonds is 3. The molecule has 0 heterocycles. The van der Waals surface area contributed by atoms with Crippen LogP contribution in [0.4, 0.5) is 14.5 Å². The van der Waals surface area contributed by atoms with Crippen LogP contribution >= 0.6 is 27.5 Å². The summed E-state index contributed by atoms with van der Waals surface area (Å²) in [5, 5.41) is 0.452. The molecule has 0 saturated carbocycles. The Morgan fingerprint density at radius 3 is 2.63 bits per heavy atom. The molecule has 2 nitrogen and oxygen atoms in total. The summed E-state index contributed by atoms with van der Waals surface area (Å²) in [6.45, 7) is -0.131. The van der Waals surface area contributed by atoms with Crippen LogP contribution in [0.2, 0.25) is 5.02 Å². The van der Waals surface area contributed by atoms with Gasteiger partial charge in [-0.15, -0.1) is 0 Å². The third-order valence-corrected chi connectivity index (χ3v) is 3.22. The smallest absolute Gasteiger partial charge is 0.156 e. The van der Waals surface area contributed by atoms with E-state index in [1.54, 1.807) is 6.07 Å². The molecule has 2 N–H and O–H groups in total. The number of nitrogens with two attached hydrogens (primary N) is 1. The van der Waals surface area contributed by atoms with E-state index in [4.69, 9.17) is 22.1 Å². The standard InChI is InChI=1S/C13H9BrClF2NO/c14-10-4-8(15)5-12(18)13(10)19-6-7-3-9(16)1-2-11(7)17/h1-5H,6,18H2. The predicted molar refractivity (Wildman–Crippen MR) is 74.3 cm³/mol. The van der Waals surface area contributed by atoms with Gasteiger partial charge in [-0.1, -0.05) is 11.6 Å². The van der Waals surface area contributed by atoms with Crippen molar-refractivity contribution in [2.75, 3.05) is 5.73 Å². The second-order valence-corrected chi connectivity index (χ2v) is 5.12. The summed E-state index contributed by atoms with van der Waals surface area (Å²) in [5.41, 5.74) is 6.18. The van der Waals surface area contributed by atoms with E-state index < -0.39 is 11.6 Å². The highest BCUT2D eigenvalue weighted by molar-refractivity contribution is 9.10. The zero-order chi connectivity index (χ0) is 14.0. The fourth-order valence-corrected chi connectivity index (χ4v) is 2.48. The maximum Gasteiger partial charge on any atom is 0.156 e. The second-order valence-electron chi connectivity index (χ2n) is 3.83. The van der Waals surface area contributed by atoms with Gasteiger partial charge in [0.05, 0.1) is 10.2 Å². The first-order valence-corrected chi connectivity index (χ1v) is 6.45. The average molecular weight is 349 g/mol. The first-order chi connectivity index (χ1) is 8.97. The Bertz CT molecular complexity index is 599. The van der Waals surface area contributed by atoms with Crippen LogP contribution in [0.5, 0.6) is 5.75 Å². The highest BCUT2D eigenvalue weighted by atomic mass is 79.9. The number of benzene rings is 2. The lowest BCUT2D eigenvalue weighted by Gasteiger charge is -2.12. The van der Waals surface area contributed by atoms with E-state index in [-0.39, 0.29) is 12.2 Å². The van der Waals surface area contributed by atoms with Crippen molar-refractivity contribution in [2.45, 2.75) is 6.61 Å². The molecule has 0 fully saturated rings. The molecule has 100 valence electrons. The second kappa shape index (κ2) is 5.75. The van der Waals surface area contributed by atoms with Gasteiger partial charge in [-0.3, -0.25) is 0 Å². The van der Waals surface area contributed by atoms with Crippen LogP contribution in [-0.4, -0.2) is 0 Å². The minimum atomic E-state index is -0.537. The molecule has 0 aliphatic carbocycles. The van der Waals surface area contributed by atoms with Crippen molar-refractivity contribution in [3.8, 4) is 5.75 Å². The first kappa shape index (κ1) is 14.1. The third kappa shape index (κ3) is 3.36. The quantitative estimate of drug-likeness (QED) is 0.826. The van der Waals surface area contributed by atoms with Crippen molar-refractivity contribution in [3.63, 3.8) is 0 Å². The summed E-state index contributed by atoms with van der Waals surface area (Å²) in [6.07, 6.45) is 0. The Hall–Kier alpha value is -1.33. The maximum absolute atomic E-state index is 13.4. The molecule has 0 spiro atoms. The summed E-state index contributed by atoms with van der Waals surface area (Å²) in [5.74, 6) is -0.721. The normalized spacial score (nSPS) is 10.5. The molecule has 2 rings (SSSR count). The van der Waals surface area contributed by atoms with E-state index in [9.17, 15) is 8.78 Å². The Kier molecular flexibility index (Phi) is 4.27. The number of halogens is 4. The lowest BCUT2D eigenvalue weighted by Crippen LogP contribution is -2.02. The minimum absolute atomic E-state index is 0.112. The van der Waals surface area contributed by atoms with Gasteiger partial charge in [-0.25, -0.2) is 8.78 Å². The zero-order valence-electron chi connectivity index (χ0n) is 9.59. The largest absolute Gasteiger partial charge is 0.485 e. The molecule has 0 aliphatic heterocycles. The summed E-state index contributed by atoms with van der Waals surface area (Å²) >= 11 is 9.06. The third-order valence-electron chi connectivity index (χ3n) is 2.42. The Morgan fingerprint density at radius 2 is 1.95 bits per heavy atom. The van der Waals surface area contributed by atoms with E-state index in [1.807, 2.05) is 0 Å². The van der Waals surface area contributed by atoms with Crippen LogP contribution < -0.4 is 10.5 Å². The molecule has 0 aromatic heterocycles.